The molecular formula is C45H26N2S. The molecule has 0 saturated carbocycles. The highest BCUT2D eigenvalue weighted by Crippen LogP contribution is 2.42. The third kappa shape index (κ3) is 3.71. The zero-order valence-corrected chi connectivity index (χ0v) is 26.6. The SMILES string of the molecule is c1ccc2cc3c(ccc4c3nc3c5sc6ccccc6c5cc(-c5ccc(-c6ccc7c(ccc8ccccc87)c6)cc5)n43)cc2c1. The zero-order valence-electron chi connectivity index (χ0n) is 25.8. The van der Waals surface area contributed by atoms with Crippen LogP contribution in [0.15, 0.2) is 158 Å². The Morgan fingerprint density at radius 1 is 0.417 bits per heavy atom. The lowest BCUT2D eigenvalue weighted by molar-refractivity contribution is 1.25. The van der Waals surface area contributed by atoms with Crippen LogP contribution in [0.1, 0.15) is 0 Å². The van der Waals surface area contributed by atoms with E-state index in [-0.39, 0.29) is 0 Å². The summed E-state index contributed by atoms with van der Waals surface area (Å²) in [6.45, 7) is 0. The van der Waals surface area contributed by atoms with Gasteiger partial charge in [-0.15, -0.1) is 11.3 Å². The van der Waals surface area contributed by atoms with E-state index in [0.717, 1.165) is 22.4 Å². The summed E-state index contributed by atoms with van der Waals surface area (Å²) in [5.41, 5.74) is 7.95. The molecule has 0 N–H and O–H groups in total. The van der Waals surface area contributed by atoms with Crippen molar-refractivity contribution in [1.82, 2.24) is 9.38 Å². The van der Waals surface area contributed by atoms with Crippen molar-refractivity contribution in [3.63, 3.8) is 0 Å². The Morgan fingerprint density at radius 3 is 1.94 bits per heavy atom. The van der Waals surface area contributed by atoms with Gasteiger partial charge in [0.25, 0.3) is 0 Å². The average Bonchev–Trinajstić information content (AvgIpc) is 3.73. The summed E-state index contributed by atoms with van der Waals surface area (Å²) in [5, 5.41) is 12.6. The van der Waals surface area contributed by atoms with Crippen LogP contribution in [0, 0.1) is 0 Å². The molecule has 0 aliphatic rings. The van der Waals surface area contributed by atoms with Gasteiger partial charge in [-0.3, -0.25) is 4.40 Å². The van der Waals surface area contributed by atoms with E-state index in [2.05, 4.69) is 162 Å². The lowest BCUT2D eigenvalue weighted by Gasteiger charge is -2.11. The van der Waals surface area contributed by atoms with Crippen LogP contribution < -0.4 is 0 Å². The molecule has 222 valence electrons. The van der Waals surface area contributed by atoms with Crippen LogP contribution in [0.3, 0.4) is 0 Å². The van der Waals surface area contributed by atoms with Crippen LogP contribution in [0.25, 0.3) is 102 Å². The fraction of sp³-hybridized carbons (Fsp3) is 0. The minimum Gasteiger partial charge on any atom is -0.291 e. The fourth-order valence-electron chi connectivity index (χ4n) is 7.77. The molecule has 0 unspecified atom stereocenters. The van der Waals surface area contributed by atoms with E-state index in [4.69, 9.17) is 4.98 Å². The number of imidazole rings is 1. The minimum atomic E-state index is 1.02. The van der Waals surface area contributed by atoms with Crippen LogP contribution in [0.5, 0.6) is 0 Å². The molecule has 0 amide bonds. The molecule has 2 nitrogen and oxygen atoms in total. The molecule has 0 radical (unpaired) electrons. The zero-order chi connectivity index (χ0) is 31.3. The number of benzene rings is 8. The van der Waals surface area contributed by atoms with Gasteiger partial charge in [0.1, 0.15) is 0 Å². The van der Waals surface area contributed by atoms with Crippen LogP contribution in [-0.4, -0.2) is 9.38 Å². The molecule has 3 heterocycles. The number of nitrogens with zero attached hydrogens (tertiary/aromatic N) is 2. The summed E-state index contributed by atoms with van der Waals surface area (Å²) in [4.78, 5) is 5.45. The first-order valence-electron chi connectivity index (χ1n) is 16.4. The summed E-state index contributed by atoms with van der Waals surface area (Å²) >= 11 is 1.84. The number of pyridine rings is 1. The van der Waals surface area contributed by atoms with Crippen LogP contribution in [0.4, 0.5) is 0 Å². The molecule has 8 aromatic carbocycles. The Bertz CT molecular complexity index is 3110. The van der Waals surface area contributed by atoms with Gasteiger partial charge >= 0.3 is 0 Å². The number of rotatable bonds is 2. The molecule has 0 aliphatic carbocycles. The predicted octanol–water partition coefficient (Wildman–Crippen LogP) is 12.8. The maximum atomic E-state index is 5.45. The third-order valence-electron chi connectivity index (χ3n) is 10.1. The number of fused-ring (bicyclic) bond motifs is 13. The largest absolute Gasteiger partial charge is 0.291 e. The minimum absolute atomic E-state index is 1.02. The fourth-order valence-corrected chi connectivity index (χ4v) is 8.93. The van der Waals surface area contributed by atoms with Gasteiger partial charge in [0.15, 0.2) is 5.65 Å². The molecule has 0 spiro atoms. The van der Waals surface area contributed by atoms with Crippen molar-refractivity contribution >= 4 is 91.3 Å². The first-order chi connectivity index (χ1) is 23.8. The number of aromatic nitrogens is 2. The molecule has 3 heteroatoms. The van der Waals surface area contributed by atoms with E-state index in [1.165, 1.54) is 80.0 Å². The highest BCUT2D eigenvalue weighted by molar-refractivity contribution is 7.26. The monoisotopic (exact) mass is 626 g/mol. The van der Waals surface area contributed by atoms with Crippen molar-refractivity contribution in [2.45, 2.75) is 0 Å². The topological polar surface area (TPSA) is 17.3 Å². The summed E-state index contributed by atoms with van der Waals surface area (Å²) in [5.74, 6) is 0. The Morgan fingerprint density at radius 2 is 1.06 bits per heavy atom. The summed E-state index contributed by atoms with van der Waals surface area (Å²) in [6.07, 6.45) is 0. The molecular weight excluding hydrogens is 601 g/mol. The molecule has 48 heavy (non-hydrogen) atoms. The van der Waals surface area contributed by atoms with Gasteiger partial charge in [0, 0.05) is 20.9 Å². The maximum Gasteiger partial charge on any atom is 0.156 e. The van der Waals surface area contributed by atoms with Crippen molar-refractivity contribution < 1.29 is 0 Å². The van der Waals surface area contributed by atoms with Gasteiger partial charge in [-0.25, -0.2) is 4.98 Å². The van der Waals surface area contributed by atoms with Crippen molar-refractivity contribution in [3.8, 4) is 22.4 Å². The second-order valence-corrected chi connectivity index (χ2v) is 13.8. The van der Waals surface area contributed by atoms with Gasteiger partial charge in [-0.2, -0.15) is 0 Å². The first-order valence-corrected chi connectivity index (χ1v) is 17.2. The Kier molecular flexibility index (Phi) is 5.29. The van der Waals surface area contributed by atoms with Gasteiger partial charge < -0.3 is 0 Å². The number of thiophene rings is 1. The van der Waals surface area contributed by atoms with Crippen molar-refractivity contribution in [1.29, 1.82) is 0 Å². The molecule has 11 aromatic rings. The van der Waals surface area contributed by atoms with E-state index < -0.39 is 0 Å². The Hall–Kier alpha value is -6.03. The van der Waals surface area contributed by atoms with Crippen LogP contribution in [-0.2, 0) is 0 Å². The molecule has 0 aliphatic heterocycles. The quantitative estimate of drug-likeness (QED) is 0.138. The van der Waals surface area contributed by atoms with Gasteiger partial charge in [-0.1, -0.05) is 121 Å². The lowest BCUT2D eigenvalue weighted by Crippen LogP contribution is -1.93. The maximum absolute atomic E-state index is 5.45. The first kappa shape index (κ1) is 26.1. The number of hydrogen-bond donors (Lipinski definition) is 0. The van der Waals surface area contributed by atoms with Gasteiger partial charge in [-0.05, 0) is 90.8 Å². The van der Waals surface area contributed by atoms with E-state index in [0.29, 0.717) is 0 Å². The van der Waals surface area contributed by atoms with E-state index in [1.54, 1.807) is 0 Å². The van der Waals surface area contributed by atoms with Crippen LogP contribution >= 0.6 is 11.3 Å². The second kappa shape index (κ2) is 9.74. The summed E-state index contributed by atoms with van der Waals surface area (Å²) in [6, 6.07) is 57.8. The van der Waals surface area contributed by atoms with E-state index in [9.17, 15) is 0 Å². The van der Waals surface area contributed by atoms with Crippen molar-refractivity contribution in [3.05, 3.63) is 158 Å². The molecule has 0 fully saturated rings. The van der Waals surface area contributed by atoms with Crippen LogP contribution in [0.2, 0.25) is 0 Å². The molecule has 0 atom stereocenters. The highest BCUT2D eigenvalue weighted by atomic mass is 32.1. The van der Waals surface area contributed by atoms with Gasteiger partial charge in [0.05, 0.1) is 21.4 Å². The van der Waals surface area contributed by atoms with E-state index >= 15 is 0 Å². The summed E-state index contributed by atoms with van der Waals surface area (Å²) < 4.78 is 4.90. The average molecular weight is 627 g/mol. The predicted molar refractivity (Wildman–Crippen MR) is 206 cm³/mol. The molecule has 11 rings (SSSR count). The molecule has 0 bridgehead atoms. The lowest BCUT2D eigenvalue weighted by atomic mass is 9.96. The Balaban J connectivity index is 1.14. The smallest absolute Gasteiger partial charge is 0.156 e. The molecule has 0 saturated heterocycles. The summed E-state index contributed by atoms with van der Waals surface area (Å²) in [7, 11) is 0. The van der Waals surface area contributed by atoms with Crippen molar-refractivity contribution in [2.24, 2.45) is 0 Å². The second-order valence-electron chi connectivity index (χ2n) is 12.8. The van der Waals surface area contributed by atoms with Crippen molar-refractivity contribution in [2.75, 3.05) is 0 Å². The molecule has 3 aromatic heterocycles. The van der Waals surface area contributed by atoms with E-state index in [1.807, 2.05) is 11.3 Å². The highest BCUT2D eigenvalue weighted by Gasteiger charge is 2.19. The Labute approximate surface area is 279 Å². The third-order valence-corrected chi connectivity index (χ3v) is 11.3. The standard InChI is InChI=1S/C45H26N2S/c1-2-9-31-25-38-34(23-30(31)8-1)20-22-40-43(38)46-45-44-39(37-11-5-6-12-42(37)48-44)26-41(47(40)45)29-16-13-27(14-17-29)32-19-21-36-33(24-32)18-15-28-7-3-4-10-35(28)36/h1-26H. The van der Waals surface area contributed by atoms with Gasteiger partial charge in [0.2, 0.25) is 0 Å². The number of hydrogen-bond acceptors (Lipinski definition) is 2. The normalized spacial score (nSPS) is 12.2.